The molecule has 1 aliphatic rings. The van der Waals surface area contributed by atoms with Gasteiger partial charge in [-0.05, 0) is 55.8 Å². The summed E-state index contributed by atoms with van der Waals surface area (Å²) < 4.78 is 16.6. The van der Waals surface area contributed by atoms with Gasteiger partial charge in [-0.15, -0.1) is 6.58 Å². The zero-order chi connectivity index (χ0) is 24.1. The molecule has 0 saturated heterocycles. The predicted molar refractivity (Wildman–Crippen MR) is 128 cm³/mol. The van der Waals surface area contributed by atoms with Crippen LogP contribution in [-0.4, -0.2) is 41.5 Å². The number of carbonyl (C=O) groups is 2. The van der Waals surface area contributed by atoms with Gasteiger partial charge >= 0.3 is 0 Å². The number of benzene rings is 2. The highest BCUT2D eigenvalue weighted by Crippen LogP contribution is 2.33. The third kappa shape index (κ3) is 5.49. The quantitative estimate of drug-likeness (QED) is 0.440. The first kappa shape index (κ1) is 23.2. The van der Waals surface area contributed by atoms with Crippen molar-refractivity contribution in [3.8, 4) is 11.5 Å². The van der Waals surface area contributed by atoms with Crippen molar-refractivity contribution < 1.29 is 23.5 Å². The van der Waals surface area contributed by atoms with Crippen molar-refractivity contribution >= 4 is 11.8 Å². The Labute approximate surface area is 199 Å². The van der Waals surface area contributed by atoms with Gasteiger partial charge in [-0.25, -0.2) is 0 Å². The lowest BCUT2D eigenvalue weighted by Crippen LogP contribution is -2.42. The zero-order valence-electron chi connectivity index (χ0n) is 19.5. The molecular formula is C27H28N2O5. The van der Waals surface area contributed by atoms with Crippen LogP contribution in [0.15, 0.2) is 71.7 Å². The van der Waals surface area contributed by atoms with Crippen molar-refractivity contribution in [3.63, 3.8) is 0 Å². The van der Waals surface area contributed by atoms with Crippen LogP contribution in [0.2, 0.25) is 0 Å². The molecule has 3 aromatic rings. The minimum absolute atomic E-state index is 0.0804. The van der Waals surface area contributed by atoms with Gasteiger partial charge in [0.1, 0.15) is 18.1 Å². The Morgan fingerprint density at radius 1 is 0.941 bits per heavy atom. The molecule has 0 saturated carbocycles. The molecule has 4 rings (SSSR count). The molecule has 7 nitrogen and oxygen atoms in total. The van der Waals surface area contributed by atoms with Gasteiger partial charge in [0.05, 0.1) is 6.54 Å². The van der Waals surface area contributed by atoms with E-state index in [1.54, 1.807) is 23.1 Å². The van der Waals surface area contributed by atoms with Crippen molar-refractivity contribution in [2.45, 2.75) is 26.9 Å². The Bertz CT molecular complexity index is 1180. The molecule has 0 atom stereocenters. The first-order valence-electron chi connectivity index (χ1n) is 11.1. The molecule has 7 heteroatoms. The van der Waals surface area contributed by atoms with Crippen LogP contribution in [0, 0.1) is 13.8 Å². The number of ether oxygens (including phenoxy) is 2. The van der Waals surface area contributed by atoms with Gasteiger partial charge in [-0.2, -0.15) is 0 Å². The third-order valence-corrected chi connectivity index (χ3v) is 5.57. The van der Waals surface area contributed by atoms with Gasteiger partial charge in [-0.1, -0.05) is 29.8 Å². The van der Waals surface area contributed by atoms with E-state index in [-0.39, 0.29) is 38.2 Å². The molecule has 1 aromatic heterocycles. The number of nitrogens with zero attached hydrogens (tertiary/aromatic N) is 2. The van der Waals surface area contributed by atoms with Crippen LogP contribution >= 0.6 is 0 Å². The maximum Gasteiger partial charge on any atom is 0.254 e. The van der Waals surface area contributed by atoms with Gasteiger partial charge in [0.15, 0.2) is 11.5 Å². The molecule has 176 valence electrons. The standard InChI is InChI=1S/C27H28N2O5/c1-4-13-28(27(31)22-9-5-19(2)6-10-22)17-26(30)29(16-23-11-7-20(3)34-23)15-21-8-12-24-25(14-21)33-18-32-24/h4-12,14H,1,13,15-18H2,2-3H3. The first-order chi connectivity index (χ1) is 16.4. The average Bonchev–Trinajstić information content (AvgIpc) is 3.46. The van der Waals surface area contributed by atoms with E-state index in [9.17, 15) is 9.59 Å². The Kier molecular flexibility index (Phi) is 7.01. The Balaban J connectivity index is 1.54. The van der Waals surface area contributed by atoms with E-state index in [1.807, 2.05) is 56.3 Å². The fourth-order valence-electron chi connectivity index (χ4n) is 3.77. The number of amides is 2. The lowest BCUT2D eigenvalue weighted by Gasteiger charge is -2.27. The van der Waals surface area contributed by atoms with Crippen molar-refractivity contribution in [3.05, 3.63) is 95.5 Å². The van der Waals surface area contributed by atoms with Crippen LogP contribution in [0.5, 0.6) is 11.5 Å². The highest BCUT2D eigenvalue weighted by Gasteiger charge is 2.24. The summed E-state index contributed by atoms with van der Waals surface area (Å²) in [6, 6.07) is 16.6. The van der Waals surface area contributed by atoms with E-state index in [0.717, 1.165) is 16.9 Å². The lowest BCUT2D eigenvalue weighted by molar-refractivity contribution is -0.133. The summed E-state index contributed by atoms with van der Waals surface area (Å²) in [5.41, 5.74) is 2.48. The number of carbonyl (C=O) groups excluding carboxylic acids is 2. The normalized spacial score (nSPS) is 11.8. The molecule has 0 unspecified atom stereocenters. The zero-order valence-corrected chi connectivity index (χ0v) is 19.5. The molecule has 2 heterocycles. The van der Waals surface area contributed by atoms with E-state index >= 15 is 0 Å². The van der Waals surface area contributed by atoms with Crippen LogP contribution in [-0.2, 0) is 17.9 Å². The predicted octanol–water partition coefficient (Wildman–Crippen LogP) is 4.48. The molecule has 2 aromatic carbocycles. The van der Waals surface area contributed by atoms with Gasteiger partial charge < -0.3 is 23.7 Å². The second-order valence-electron chi connectivity index (χ2n) is 8.29. The molecule has 0 spiro atoms. The summed E-state index contributed by atoms with van der Waals surface area (Å²) >= 11 is 0. The number of hydrogen-bond donors (Lipinski definition) is 0. The second-order valence-corrected chi connectivity index (χ2v) is 8.29. The summed E-state index contributed by atoms with van der Waals surface area (Å²) in [7, 11) is 0. The van der Waals surface area contributed by atoms with E-state index in [0.29, 0.717) is 29.4 Å². The maximum atomic E-state index is 13.5. The summed E-state index contributed by atoms with van der Waals surface area (Å²) in [4.78, 5) is 29.8. The summed E-state index contributed by atoms with van der Waals surface area (Å²) in [5, 5.41) is 0. The Hall–Kier alpha value is -4.00. The van der Waals surface area contributed by atoms with Gasteiger partial charge in [0.25, 0.3) is 5.91 Å². The van der Waals surface area contributed by atoms with Crippen LogP contribution in [0.4, 0.5) is 0 Å². The van der Waals surface area contributed by atoms with Gasteiger partial charge in [0.2, 0.25) is 12.7 Å². The molecule has 0 radical (unpaired) electrons. The highest BCUT2D eigenvalue weighted by atomic mass is 16.7. The van der Waals surface area contributed by atoms with Crippen LogP contribution < -0.4 is 9.47 Å². The summed E-state index contributed by atoms with van der Waals surface area (Å²) in [6.07, 6.45) is 1.62. The molecule has 0 bridgehead atoms. The monoisotopic (exact) mass is 460 g/mol. The Morgan fingerprint density at radius 2 is 1.71 bits per heavy atom. The first-order valence-corrected chi connectivity index (χ1v) is 11.1. The second kappa shape index (κ2) is 10.3. The molecule has 0 N–H and O–H groups in total. The van der Waals surface area contributed by atoms with Gasteiger partial charge in [-0.3, -0.25) is 9.59 Å². The number of aryl methyl sites for hydroxylation is 2. The number of furan rings is 1. The molecule has 1 aliphatic heterocycles. The van der Waals surface area contributed by atoms with Crippen molar-refractivity contribution in [1.82, 2.24) is 9.80 Å². The lowest BCUT2D eigenvalue weighted by atomic mass is 10.1. The fourth-order valence-corrected chi connectivity index (χ4v) is 3.77. The third-order valence-electron chi connectivity index (χ3n) is 5.57. The number of rotatable bonds is 9. The van der Waals surface area contributed by atoms with E-state index in [2.05, 4.69) is 6.58 Å². The van der Waals surface area contributed by atoms with Gasteiger partial charge in [0, 0.05) is 18.7 Å². The fraction of sp³-hybridized carbons (Fsp3) is 0.259. The Morgan fingerprint density at radius 3 is 2.41 bits per heavy atom. The largest absolute Gasteiger partial charge is 0.464 e. The minimum atomic E-state index is -0.217. The summed E-state index contributed by atoms with van der Waals surface area (Å²) in [6.45, 7) is 8.55. The van der Waals surface area contributed by atoms with Crippen molar-refractivity contribution in [2.24, 2.45) is 0 Å². The van der Waals surface area contributed by atoms with Crippen LogP contribution in [0.1, 0.15) is 33.0 Å². The average molecular weight is 461 g/mol. The summed E-state index contributed by atoms with van der Waals surface area (Å²) in [5.74, 6) is 2.37. The molecule has 0 fully saturated rings. The number of fused-ring (bicyclic) bond motifs is 1. The highest BCUT2D eigenvalue weighted by molar-refractivity contribution is 5.96. The van der Waals surface area contributed by atoms with Crippen LogP contribution in [0.25, 0.3) is 0 Å². The van der Waals surface area contributed by atoms with E-state index < -0.39 is 0 Å². The van der Waals surface area contributed by atoms with E-state index in [4.69, 9.17) is 13.9 Å². The van der Waals surface area contributed by atoms with Crippen LogP contribution in [0.3, 0.4) is 0 Å². The van der Waals surface area contributed by atoms with E-state index in [1.165, 1.54) is 4.90 Å². The molecular weight excluding hydrogens is 432 g/mol. The van der Waals surface area contributed by atoms with Crippen molar-refractivity contribution in [1.29, 1.82) is 0 Å². The molecule has 0 aliphatic carbocycles. The topological polar surface area (TPSA) is 72.2 Å². The smallest absolute Gasteiger partial charge is 0.254 e. The number of hydrogen-bond acceptors (Lipinski definition) is 5. The SMILES string of the molecule is C=CCN(CC(=O)N(Cc1ccc2c(c1)OCO2)Cc1ccc(C)o1)C(=O)c1ccc(C)cc1. The van der Waals surface area contributed by atoms with Crippen molar-refractivity contribution in [2.75, 3.05) is 19.9 Å². The molecule has 2 amide bonds. The minimum Gasteiger partial charge on any atom is -0.464 e. The maximum absolute atomic E-state index is 13.5. The molecule has 34 heavy (non-hydrogen) atoms.